The Labute approximate surface area is 125 Å². The van der Waals surface area contributed by atoms with Crippen LogP contribution in [0.3, 0.4) is 0 Å². The van der Waals surface area contributed by atoms with E-state index in [4.69, 9.17) is 22.3 Å². The van der Waals surface area contributed by atoms with Gasteiger partial charge in [-0.05, 0) is 31.9 Å². The second-order valence-corrected chi connectivity index (χ2v) is 6.46. The maximum atomic E-state index is 6.44. The van der Waals surface area contributed by atoms with Gasteiger partial charge in [-0.1, -0.05) is 37.4 Å². The van der Waals surface area contributed by atoms with Crippen LogP contribution in [0.25, 0.3) is 11.0 Å². The maximum absolute atomic E-state index is 6.44. The molecule has 3 nitrogen and oxygen atoms in total. The molecule has 3 rings (SSSR count). The van der Waals surface area contributed by atoms with Crippen LogP contribution in [0, 0.1) is 0 Å². The predicted molar refractivity (Wildman–Crippen MR) is 84.2 cm³/mol. The van der Waals surface area contributed by atoms with E-state index in [2.05, 4.69) is 18.4 Å². The highest BCUT2D eigenvalue weighted by Gasteiger charge is 2.40. The molecule has 1 aliphatic carbocycles. The zero-order valence-corrected chi connectivity index (χ0v) is 13.0. The number of aromatic nitrogens is 2. The Morgan fingerprint density at radius 1 is 1.45 bits per heavy atom. The lowest BCUT2D eigenvalue weighted by Gasteiger charge is -2.39. The lowest BCUT2D eigenvalue weighted by Crippen LogP contribution is -2.47. The molecule has 20 heavy (non-hydrogen) atoms. The number of benzene rings is 1. The molecule has 0 spiro atoms. The summed E-state index contributed by atoms with van der Waals surface area (Å²) in [5.41, 5.74) is 8.42. The summed E-state index contributed by atoms with van der Waals surface area (Å²) in [6, 6.07) is 6.11. The van der Waals surface area contributed by atoms with E-state index >= 15 is 0 Å². The topological polar surface area (TPSA) is 43.8 Å². The third kappa shape index (κ3) is 1.95. The predicted octanol–water partition coefficient (Wildman–Crippen LogP) is 3.87. The van der Waals surface area contributed by atoms with Crippen LogP contribution < -0.4 is 5.73 Å². The summed E-state index contributed by atoms with van der Waals surface area (Å²) in [7, 11) is 0. The molecule has 0 amide bonds. The molecule has 4 heteroatoms. The lowest BCUT2D eigenvalue weighted by molar-refractivity contribution is 0.252. The van der Waals surface area contributed by atoms with Crippen molar-refractivity contribution in [3.05, 3.63) is 29.0 Å². The first-order valence-electron chi connectivity index (χ1n) is 7.48. The first-order valence-corrected chi connectivity index (χ1v) is 7.86. The van der Waals surface area contributed by atoms with Crippen LogP contribution in [0.4, 0.5) is 0 Å². The monoisotopic (exact) mass is 291 g/mol. The van der Waals surface area contributed by atoms with Gasteiger partial charge in [0, 0.05) is 18.0 Å². The van der Waals surface area contributed by atoms with Crippen LogP contribution in [0.15, 0.2) is 18.2 Å². The van der Waals surface area contributed by atoms with E-state index in [9.17, 15) is 0 Å². The molecule has 0 bridgehead atoms. The van der Waals surface area contributed by atoms with Crippen molar-refractivity contribution in [3.8, 4) is 0 Å². The zero-order valence-electron chi connectivity index (χ0n) is 12.2. The second-order valence-electron chi connectivity index (χ2n) is 6.06. The van der Waals surface area contributed by atoms with E-state index in [0.717, 1.165) is 41.3 Å². The Kier molecular flexibility index (Phi) is 3.51. The van der Waals surface area contributed by atoms with Gasteiger partial charge in [-0.25, -0.2) is 4.98 Å². The number of para-hydroxylation sites is 1. The molecule has 0 aliphatic heterocycles. The van der Waals surface area contributed by atoms with Gasteiger partial charge in [0.2, 0.25) is 0 Å². The van der Waals surface area contributed by atoms with Gasteiger partial charge in [-0.2, -0.15) is 0 Å². The van der Waals surface area contributed by atoms with Gasteiger partial charge < -0.3 is 10.3 Å². The van der Waals surface area contributed by atoms with Gasteiger partial charge in [-0.15, -0.1) is 0 Å². The van der Waals surface area contributed by atoms with Crippen molar-refractivity contribution in [2.45, 2.75) is 57.5 Å². The minimum atomic E-state index is -0.0450. The number of imidazole rings is 1. The van der Waals surface area contributed by atoms with Crippen molar-refractivity contribution in [2.24, 2.45) is 5.73 Å². The molecule has 2 unspecified atom stereocenters. The first kappa shape index (κ1) is 13.9. The standard InChI is InChI=1S/C16H22ClN3/c1-3-20-14-11(17)7-6-8-12(14)19-15(20)16(2)10-5-4-9-13(16)18/h6-8,13H,3-5,9-10,18H2,1-2H3. The number of hydrogen-bond acceptors (Lipinski definition) is 2. The van der Waals surface area contributed by atoms with E-state index in [-0.39, 0.29) is 11.5 Å². The molecule has 108 valence electrons. The fraction of sp³-hybridized carbons (Fsp3) is 0.562. The molecular formula is C16H22ClN3. The first-order chi connectivity index (χ1) is 9.58. The zero-order chi connectivity index (χ0) is 14.3. The van der Waals surface area contributed by atoms with E-state index in [1.54, 1.807) is 0 Å². The highest BCUT2D eigenvalue weighted by atomic mass is 35.5. The van der Waals surface area contributed by atoms with Gasteiger partial charge in [0.15, 0.2) is 0 Å². The molecule has 0 saturated heterocycles. The molecular weight excluding hydrogens is 270 g/mol. The van der Waals surface area contributed by atoms with Gasteiger partial charge in [-0.3, -0.25) is 0 Å². The smallest absolute Gasteiger partial charge is 0.117 e. The molecule has 1 saturated carbocycles. The average molecular weight is 292 g/mol. The molecule has 1 heterocycles. The minimum Gasteiger partial charge on any atom is -0.327 e. The van der Waals surface area contributed by atoms with Crippen molar-refractivity contribution in [1.29, 1.82) is 0 Å². The SMILES string of the molecule is CCn1c(C2(C)CCCCC2N)nc2cccc(Cl)c21. The lowest BCUT2D eigenvalue weighted by atomic mass is 9.71. The summed E-state index contributed by atoms with van der Waals surface area (Å²) in [5.74, 6) is 1.11. The number of hydrogen-bond donors (Lipinski definition) is 1. The quantitative estimate of drug-likeness (QED) is 0.913. The largest absolute Gasteiger partial charge is 0.327 e. The highest BCUT2D eigenvalue weighted by Crippen LogP contribution is 2.39. The van der Waals surface area contributed by atoms with E-state index in [1.807, 2.05) is 18.2 Å². The molecule has 1 aromatic carbocycles. The van der Waals surface area contributed by atoms with Crippen molar-refractivity contribution in [1.82, 2.24) is 9.55 Å². The second kappa shape index (κ2) is 5.05. The average Bonchev–Trinajstić information content (AvgIpc) is 2.83. The normalized spacial score (nSPS) is 27.1. The Balaban J connectivity index is 2.23. The molecule has 1 aliphatic rings. The molecule has 1 fully saturated rings. The molecule has 2 N–H and O–H groups in total. The van der Waals surface area contributed by atoms with Crippen LogP contribution in [0.5, 0.6) is 0 Å². The van der Waals surface area contributed by atoms with E-state index in [1.165, 1.54) is 12.8 Å². The van der Waals surface area contributed by atoms with Crippen molar-refractivity contribution >= 4 is 22.6 Å². The van der Waals surface area contributed by atoms with E-state index in [0.29, 0.717) is 0 Å². The molecule has 2 atom stereocenters. The van der Waals surface area contributed by atoms with Crippen LogP contribution in [0.2, 0.25) is 5.02 Å². The molecule has 2 aromatic rings. The van der Waals surface area contributed by atoms with Gasteiger partial charge in [0.1, 0.15) is 5.82 Å². The van der Waals surface area contributed by atoms with Gasteiger partial charge in [0.05, 0.1) is 16.1 Å². The molecule has 0 radical (unpaired) electrons. The highest BCUT2D eigenvalue weighted by molar-refractivity contribution is 6.35. The Morgan fingerprint density at radius 2 is 2.25 bits per heavy atom. The number of nitrogens with two attached hydrogens (primary N) is 1. The summed E-state index contributed by atoms with van der Waals surface area (Å²) in [4.78, 5) is 4.89. The number of aryl methyl sites for hydroxylation is 1. The van der Waals surface area contributed by atoms with Crippen LogP contribution in [-0.4, -0.2) is 15.6 Å². The summed E-state index contributed by atoms with van der Waals surface area (Å²) >= 11 is 6.38. The number of fused-ring (bicyclic) bond motifs is 1. The fourth-order valence-corrected chi connectivity index (χ4v) is 3.80. The van der Waals surface area contributed by atoms with E-state index < -0.39 is 0 Å². The Morgan fingerprint density at radius 3 is 2.95 bits per heavy atom. The van der Waals surface area contributed by atoms with Crippen molar-refractivity contribution < 1.29 is 0 Å². The van der Waals surface area contributed by atoms with Crippen molar-refractivity contribution in [3.63, 3.8) is 0 Å². The number of nitrogens with zero attached hydrogens (tertiary/aromatic N) is 2. The van der Waals surface area contributed by atoms with Crippen LogP contribution in [0.1, 0.15) is 45.4 Å². The number of rotatable bonds is 2. The third-order valence-corrected chi connectivity index (χ3v) is 5.13. The summed E-state index contributed by atoms with van der Waals surface area (Å²) in [6.07, 6.45) is 4.64. The number of halogens is 1. The third-order valence-electron chi connectivity index (χ3n) is 4.82. The Bertz CT molecular complexity index is 634. The summed E-state index contributed by atoms with van der Waals surface area (Å²) in [6.45, 7) is 5.28. The van der Waals surface area contributed by atoms with Crippen molar-refractivity contribution in [2.75, 3.05) is 0 Å². The van der Waals surface area contributed by atoms with Crippen LogP contribution >= 0.6 is 11.6 Å². The summed E-state index contributed by atoms with van der Waals surface area (Å²) in [5, 5.41) is 0.774. The summed E-state index contributed by atoms with van der Waals surface area (Å²) < 4.78 is 2.25. The maximum Gasteiger partial charge on any atom is 0.117 e. The minimum absolute atomic E-state index is 0.0450. The van der Waals surface area contributed by atoms with Gasteiger partial charge >= 0.3 is 0 Å². The molecule has 1 aromatic heterocycles. The Hall–Kier alpha value is -1.06. The fourth-order valence-electron chi connectivity index (χ4n) is 3.52. The van der Waals surface area contributed by atoms with Gasteiger partial charge in [0.25, 0.3) is 0 Å². The van der Waals surface area contributed by atoms with Crippen LogP contribution in [-0.2, 0) is 12.0 Å².